The summed E-state index contributed by atoms with van der Waals surface area (Å²) in [5, 5.41) is 13.3. The summed E-state index contributed by atoms with van der Waals surface area (Å²) in [6.45, 7) is 7.05. The summed E-state index contributed by atoms with van der Waals surface area (Å²) in [6, 6.07) is 2.46. The Morgan fingerprint density at radius 1 is 1.24 bits per heavy atom. The predicted octanol–water partition coefficient (Wildman–Crippen LogP) is 0.102. The molecule has 1 unspecified atom stereocenters. The molecule has 1 aliphatic heterocycles. The Morgan fingerprint density at radius 3 is 2.48 bits per heavy atom. The van der Waals surface area contributed by atoms with E-state index in [9.17, 15) is 5.11 Å². The number of nitrogens with zero attached hydrogens (tertiary/aromatic N) is 4. The highest BCUT2D eigenvalue weighted by molar-refractivity contribution is 5.29. The van der Waals surface area contributed by atoms with Gasteiger partial charge in [-0.15, -0.1) is 0 Å². The summed E-state index contributed by atoms with van der Waals surface area (Å²) in [5.41, 5.74) is -0.188. The van der Waals surface area contributed by atoms with Crippen LogP contribution in [-0.4, -0.2) is 70.9 Å². The lowest BCUT2D eigenvalue weighted by Crippen LogP contribution is -2.58. The second kappa shape index (κ2) is 6.25. The first-order chi connectivity index (χ1) is 10.2. The quantitative estimate of drug-likeness (QED) is 0.775. The van der Waals surface area contributed by atoms with Crippen molar-refractivity contribution in [2.24, 2.45) is 0 Å². The number of hydrogen-bond acceptors (Lipinski definition) is 6. The van der Waals surface area contributed by atoms with Crippen molar-refractivity contribution in [2.75, 3.05) is 44.2 Å². The van der Waals surface area contributed by atoms with Gasteiger partial charge in [0, 0.05) is 51.2 Å². The van der Waals surface area contributed by atoms with Gasteiger partial charge >= 0.3 is 0 Å². The van der Waals surface area contributed by atoms with Crippen molar-refractivity contribution in [3.63, 3.8) is 0 Å². The Balaban J connectivity index is 1.51. The molecule has 1 aromatic rings. The molecule has 1 saturated carbocycles. The van der Waals surface area contributed by atoms with Crippen LogP contribution in [0.3, 0.4) is 0 Å². The maximum atomic E-state index is 9.70. The molecule has 1 aliphatic carbocycles. The fourth-order valence-electron chi connectivity index (χ4n) is 2.92. The highest BCUT2D eigenvalue weighted by Gasteiger charge is 2.34. The Kier molecular flexibility index (Phi) is 4.37. The molecule has 1 atom stereocenters. The average molecular weight is 291 g/mol. The van der Waals surface area contributed by atoms with Crippen molar-refractivity contribution in [1.82, 2.24) is 20.2 Å². The molecule has 2 aliphatic rings. The highest BCUT2D eigenvalue weighted by atomic mass is 16.3. The fraction of sp³-hybridized carbons (Fsp3) is 0.733. The third kappa shape index (κ3) is 3.90. The normalized spacial score (nSPS) is 23.0. The first kappa shape index (κ1) is 14.7. The molecule has 1 aromatic heterocycles. The molecule has 6 nitrogen and oxygen atoms in total. The molecular weight excluding hydrogens is 266 g/mol. The van der Waals surface area contributed by atoms with Gasteiger partial charge in [-0.05, 0) is 25.8 Å². The summed E-state index contributed by atoms with van der Waals surface area (Å²) >= 11 is 0. The first-order valence-electron chi connectivity index (χ1n) is 7.81. The van der Waals surface area contributed by atoms with Crippen LogP contribution in [0.2, 0.25) is 0 Å². The van der Waals surface area contributed by atoms with Crippen LogP contribution in [0.5, 0.6) is 0 Å². The van der Waals surface area contributed by atoms with E-state index in [0.29, 0.717) is 6.04 Å². The second-order valence-corrected chi connectivity index (χ2v) is 6.45. The van der Waals surface area contributed by atoms with Gasteiger partial charge in [0.25, 0.3) is 0 Å². The van der Waals surface area contributed by atoms with Gasteiger partial charge in [-0.3, -0.25) is 4.90 Å². The van der Waals surface area contributed by atoms with Gasteiger partial charge in [-0.2, -0.15) is 0 Å². The maximum absolute atomic E-state index is 9.70. The van der Waals surface area contributed by atoms with Crippen molar-refractivity contribution in [1.29, 1.82) is 0 Å². The third-order valence-corrected chi connectivity index (χ3v) is 4.26. The van der Waals surface area contributed by atoms with Crippen LogP contribution >= 0.6 is 0 Å². The molecular formula is C15H25N5O. The monoisotopic (exact) mass is 291 g/mol. The third-order valence-electron chi connectivity index (χ3n) is 4.26. The van der Waals surface area contributed by atoms with E-state index in [1.807, 2.05) is 6.07 Å². The molecule has 2 fully saturated rings. The summed E-state index contributed by atoms with van der Waals surface area (Å²) in [5.74, 6) is 0.818. The Hall–Kier alpha value is -1.24. The van der Waals surface area contributed by atoms with Crippen molar-refractivity contribution in [3.8, 4) is 0 Å². The number of rotatable bonds is 6. The van der Waals surface area contributed by atoms with Gasteiger partial charge in [0.1, 0.15) is 0 Å². The van der Waals surface area contributed by atoms with Crippen molar-refractivity contribution in [2.45, 2.75) is 31.3 Å². The van der Waals surface area contributed by atoms with Crippen LogP contribution in [-0.2, 0) is 0 Å². The fourth-order valence-corrected chi connectivity index (χ4v) is 2.92. The highest BCUT2D eigenvalue weighted by Crippen LogP contribution is 2.23. The Bertz CT molecular complexity index is 445. The molecule has 1 saturated heterocycles. The van der Waals surface area contributed by atoms with Gasteiger partial charge < -0.3 is 15.3 Å². The number of aromatic nitrogens is 2. The largest absolute Gasteiger partial charge is 0.394 e. The molecule has 0 radical (unpaired) electrons. The van der Waals surface area contributed by atoms with E-state index in [0.717, 1.165) is 38.7 Å². The lowest BCUT2D eigenvalue weighted by Gasteiger charge is -2.40. The van der Waals surface area contributed by atoms with Gasteiger partial charge in [0.15, 0.2) is 0 Å². The number of anilines is 1. The van der Waals surface area contributed by atoms with Crippen molar-refractivity contribution >= 4 is 5.95 Å². The first-order valence-corrected chi connectivity index (χ1v) is 7.81. The number of aliphatic hydroxyl groups is 1. The van der Waals surface area contributed by atoms with Gasteiger partial charge in [0.05, 0.1) is 12.1 Å². The molecule has 21 heavy (non-hydrogen) atoms. The van der Waals surface area contributed by atoms with E-state index < -0.39 is 0 Å². The maximum Gasteiger partial charge on any atom is 0.225 e. The topological polar surface area (TPSA) is 64.5 Å². The SMILES string of the molecule is CC(CO)(CN1CCN(c2ncccn2)CC1)NC1CC1. The number of aliphatic hydroxyl groups excluding tert-OH is 1. The summed E-state index contributed by atoms with van der Waals surface area (Å²) < 4.78 is 0. The molecule has 3 rings (SSSR count). The smallest absolute Gasteiger partial charge is 0.225 e. The van der Waals surface area contributed by atoms with E-state index in [2.05, 4.69) is 32.0 Å². The van der Waals surface area contributed by atoms with Gasteiger partial charge in [0.2, 0.25) is 5.95 Å². The zero-order chi connectivity index (χ0) is 14.7. The number of nitrogens with one attached hydrogen (secondary N) is 1. The van der Waals surface area contributed by atoms with Crippen LogP contribution in [0.4, 0.5) is 5.95 Å². The van der Waals surface area contributed by atoms with Gasteiger partial charge in [-0.25, -0.2) is 9.97 Å². The minimum atomic E-state index is -0.188. The standard InChI is InChI=1S/C15H25N5O/c1-15(12-21,18-13-3-4-13)11-19-7-9-20(10-8-19)14-16-5-2-6-17-14/h2,5-6,13,18,21H,3-4,7-12H2,1H3. The van der Waals surface area contributed by atoms with Crippen molar-refractivity contribution in [3.05, 3.63) is 18.5 Å². The van der Waals surface area contributed by atoms with Crippen LogP contribution in [0.25, 0.3) is 0 Å². The van der Waals surface area contributed by atoms with E-state index in [1.165, 1.54) is 12.8 Å². The van der Waals surface area contributed by atoms with E-state index in [-0.39, 0.29) is 12.1 Å². The van der Waals surface area contributed by atoms with Crippen LogP contribution in [0, 0.1) is 0 Å². The Morgan fingerprint density at radius 2 is 1.90 bits per heavy atom. The average Bonchev–Trinajstić information content (AvgIpc) is 3.32. The van der Waals surface area contributed by atoms with Crippen LogP contribution in [0.15, 0.2) is 18.5 Å². The van der Waals surface area contributed by atoms with Gasteiger partial charge in [-0.1, -0.05) is 0 Å². The van der Waals surface area contributed by atoms with E-state index in [1.54, 1.807) is 12.4 Å². The number of hydrogen-bond donors (Lipinski definition) is 2. The van der Waals surface area contributed by atoms with Crippen LogP contribution < -0.4 is 10.2 Å². The van der Waals surface area contributed by atoms with E-state index >= 15 is 0 Å². The lowest BCUT2D eigenvalue weighted by atomic mass is 10.0. The second-order valence-electron chi connectivity index (χ2n) is 6.45. The molecule has 6 heteroatoms. The summed E-state index contributed by atoms with van der Waals surface area (Å²) in [6.07, 6.45) is 6.07. The zero-order valence-electron chi connectivity index (χ0n) is 12.7. The predicted molar refractivity (Wildman–Crippen MR) is 82.3 cm³/mol. The summed E-state index contributed by atoms with van der Waals surface area (Å²) in [4.78, 5) is 13.3. The molecule has 0 amide bonds. The molecule has 2 heterocycles. The molecule has 0 aromatic carbocycles. The van der Waals surface area contributed by atoms with E-state index in [4.69, 9.17) is 0 Å². The Labute approximate surface area is 126 Å². The van der Waals surface area contributed by atoms with Crippen LogP contribution in [0.1, 0.15) is 19.8 Å². The summed E-state index contributed by atoms with van der Waals surface area (Å²) in [7, 11) is 0. The minimum absolute atomic E-state index is 0.186. The number of piperazine rings is 1. The molecule has 116 valence electrons. The molecule has 2 N–H and O–H groups in total. The zero-order valence-corrected chi connectivity index (χ0v) is 12.7. The molecule has 0 spiro atoms. The minimum Gasteiger partial charge on any atom is -0.394 e. The van der Waals surface area contributed by atoms with Crippen molar-refractivity contribution < 1.29 is 5.11 Å². The molecule has 0 bridgehead atoms. The lowest BCUT2D eigenvalue weighted by molar-refractivity contribution is 0.114.